The highest BCUT2D eigenvalue weighted by atomic mass is 16.3. The molecule has 0 saturated heterocycles. The maximum Gasteiger partial charge on any atom is 0.253 e. The average molecular weight is 290 g/mol. The van der Waals surface area contributed by atoms with E-state index in [-0.39, 0.29) is 11.9 Å². The summed E-state index contributed by atoms with van der Waals surface area (Å²) in [7, 11) is 0. The molecule has 2 rings (SSSR count). The van der Waals surface area contributed by atoms with E-state index in [1.165, 1.54) is 0 Å². The summed E-state index contributed by atoms with van der Waals surface area (Å²) in [5, 5.41) is 17.2. The largest absolute Gasteiger partial charge is 0.393 e. The van der Waals surface area contributed by atoms with E-state index in [1.807, 2.05) is 31.5 Å². The van der Waals surface area contributed by atoms with Crippen molar-refractivity contribution >= 4 is 16.9 Å². The van der Waals surface area contributed by atoms with E-state index in [9.17, 15) is 9.90 Å². The smallest absolute Gasteiger partial charge is 0.253 e. The summed E-state index contributed by atoms with van der Waals surface area (Å²) in [5.74, 6) is -0.167. The molecule has 2 aromatic rings. The number of amides is 1. The minimum absolute atomic E-state index is 0.167. The van der Waals surface area contributed by atoms with Crippen LogP contribution in [0.25, 0.3) is 11.0 Å². The molecule has 0 aliphatic rings. The molecule has 114 valence electrons. The molecule has 1 unspecified atom stereocenters. The highest BCUT2D eigenvalue weighted by Gasteiger charge is 2.15. The maximum absolute atomic E-state index is 12.2. The number of aliphatic hydroxyl groups excluding tert-OH is 1. The average Bonchev–Trinajstić information content (AvgIpc) is 2.79. The lowest BCUT2D eigenvalue weighted by atomic mass is 10.1. The Morgan fingerprint density at radius 1 is 1.43 bits per heavy atom. The van der Waals surface area contributed by atoms with Gasteiger partial charge in [-0.2, -0.15) is 5.10 Å². The van der Waals surface area contributed by atoms with Gasteiger partial charge in [0.05, 0.1) is 23.6 Å². The molecule has 0 fully saturated rings. The third-order valence-electron chi connectivity index (χ3n) is 3.34. The fourth-order valence-corrected chi connectivity index (χ4v) is 2.16. The van der Waals surface area contributed by atoms with E-state index in [0.717, 1.165) is 11.0 Å². The topological polar surface area (TPSA) is 80.0 Å². The number of hydrogen-bond acceptors (Lipinski definition) is 4. The van der Waals surface area contributed by atoms with Gasteiger partial charge in [0, 0.05) is 18.0 Å². The molecule has 6 heteroatoms. The predicted molar refractivity (Wildman–Crippen MR) is 81.3 cm³/mol. The van der Waals surface area contributed by atoms with Crippen molar-refractivity contribution in [2.24, 2.45) is 0 Å². The second-order valence-electron chi connectivity index (χ2n) is 5.61. The minimum atomic E-state index is -0.420. The molecule has 0 aliphatic heterocycles. The van der Waals surface area contributed by atoms with Gasteiger partial charge in [0.1, 0.15) is 0 Å². The number of fused-ring (bicyclic) bond motifs is 1. The summed E-state index contributed by atoms with van der Waals surface area (Å²) in [5.41, 5.74) is 2.03. The molecule has 1 amide bonds. The molecule has 0 saturated carbocycles. The molecular weight excluding hydrogens is 268 g/mol. The summed E-state index contributed by atoms with van der Waals surface area (Å²) in [6, 6.07) is 2.04. The van der Waals surface area contributed by atoms with Gasteiger partial charge in [0.2, 0.25) is 0 Å². The van der Waals surface area contributed by atoms with Crippen LogP contribution in [0.15, 0.2) is 12.3 Å². The SMILES string of the molecule is Cc1nc2c(cnn2C(C)C)cc1C(=O)NCCC(C)O. The molecule has 0 aromatic carbocycles. The van der Waals surface area contributed by atoms with Crippen molar-refractivity contribution in [3.05, 3.63) is 23.5 Å². The van der Waals surface area contributed by atoms with Crippen LogP contribution in [0, 0.1) is 6.92 Å². The number of carbonyl (C=O) groups excluding carboxylic acids is 1. The van der Waals surface area contributed by atoms with Crippen LogP contribution in [0.4, 0.5) is 0 Å². The van der Waals surface area contributed by atoms with Crippen molar-refractivity contribution in [2.75, 3.05) is 6.54 Å². The molecule has 1 atom stereocenters. The second kappa shape index (κ2) is 6.22. The Hall–Kier alpha value is -1.95. The first kappa shape index (κ1) is 15.4. The molecule has 2 aromatic heterocycles. The van der Waals surface area contributed by atoms with Crippen LogP contribution in [-0.2, 0) is 0 Å². The molecule has 2 heterocycles. The van der Waals surface area contributed by atoms with Crippen LogP contribution in [0.1, 0.15) is 49.3 Å². The highest BCUT2D eigenvalue weighted by molar-refractivity contribution is 5.98. The van der Waals surface area contributed by atoms with Gasteiger partial charge >= 0.3 is 0 Å². The van der Waals surface area contributed by atoms with Gasteiger partial charge in [0.15, 0.2) is 5.65 Å². The third-order valence-corrected chi connectivity index (χ3v) is 3.34. The Morgan fingerprint density at radius 3 is 2.76 bits per heavy atom. The van der Waals surface area contributed by atoms with E-state index in [2.05, 4.69) is 15.4 Å². The standard InChI is InChI=1S/C15H22N4O2/c1-9(2)19-14-12(8-17-19)7-13(11(4)18-14)15(21)16-6-5-10(3)20/h7-10,20H,5-6H2,1-4H3,(H,16,21). The van der Waals surface area contributed by atoms with Gasteiger partial charge in [0.25, 0.3) is 5.91 Å². The number of hydrogen-bond donors (Lipinski definition) is 2. The van der Waals surface area contributed by atoms with Gasteiger partial charge in [-0.3, -0.25) is 4.79 Å². The zero-order valence-corrected chi connectivity index (χ0v) is 12.9. The summed E-state index contributed by atoms with van der Waals surface area (Å²) in [6.07, 6.45) is 1.84. The Labute approximate surface area is 124 Å². The Bertz CT molecular complexity index is 646. The number of nitrogens with one attached hydrogen (secondary N) is 1. The molecule has 0 radical (unpaired) electrons. The Balaban J connectivity index is 2.25. The predicted octanol–water partition coefficient (Wildman–Crippen LogP) is 1.82. The van der Waals surface area contributed by atoms with Crippen molar-refractivity contribution in [3.63, 3.8) is 0 Å². The monoisotopic (exact) mass is 290 g/mol. The molecular formula is C15H22N4O2. The fraction of sp³-hybridized carbons (Fsp3) is 0.533. The number of aromatic nitrogens is 3. The van der Waals surface area contributed by atoms with Gasteiger partial charge in [-0.25, -0.2) is 9.67 Å². The number of carbonyl (C=O) groups is 1. The van der Waals surface area contributed by atoms with E-state index in [1.54, 1.807) is 13.1 Å². The molecule has 0 aliphatic carbocycles. The number of nitrogens with zero attached hydrogens (tertiary/aromatic N) is 3. The van der Waals surface area contributed by atoms with E-state index >= 15 is 0 Å². The second-order valence-corrected chi connectivity index (χ2v) is 5.61. The number of rotatable bonds is 5. The lowest BCUT2D eigenvalue weighted by Crippen LogP contribution is -2.27. The van der Waals surface area contributed by atoms with Crippen molar-refractivity contribution in [1.82, 2.24) is 20.1 Å². The molecule has 0 bridgehead atoms. The van der Waals surface area contributed by atoms with Crippen LogP contribution < -0.4 is 5.32 Å². The number of pyridine rings is 1. The first-order valence-corrected chi connectivity index (χ1v) is 7.21. The molecule has 6 nitrogen and oxygen atoms in total. The summed E-state index contributed by atoms with van der Waals surface area (Å²) in [4.78, 5) is 16.7. The van der Waals surface area contributed by atoms with Gasteiger partial charge in [-0.05, 0) is 40.2 Å². The van der Waals surface area contributed by atoms with Crippen LogP contribution in [-0.4, -0.2) is 38.4 Å². The number of aliphatic hydroxyl groups is 1. The van der Waals surface area contributed by atoms with Crippen molar-refractivity contribution in [2.45, 2.75) is 46.3 Å². The van der Waals surface area contributed by atoms with E-state index in [0.29, 0.717) is 24.2 Å². The van der Waals surface area contributed by atoms with Gasteiger partial charge in [-0.1, -0.05) is 0 Å². The quantitative estimate of drug-likeness (QED) is 0.880. The van der Waals surface area contributed by atoms with E-state index in [4.69, 9.17) is 0 Å². The van der Waals surface area contributed by atoms with Crippen molar-refractivity contribution in [3.8, 4) is 0 Å². The van der Waals surface area contributed by atoms with Crippen molar-refractivity contribution < 1.29 is 9.90 Å². The molecule has 0 spiro atoms. The third kappa shape index (κ3) is 3.39. The molecule has 21 heavy (non-hydrogen) atoms. The van der Waals surface area contributed by atoms with Crippen molar-refractivity contribution in [1.29, 1.82) is 0 Å². The van der Waals surface area contributed by atoms with Crippen LogP contribution in [0.5, 0.6) is 0 Å². The summed E-state index contributed by atoms with van der Waals surface area (Å²) in [6.45, 7) is 8.05. The van der Waals surface area contributed by atoms with E-state index < -0.39 is 6.10 Å². The van der Waals surface area contributed by atoms with Gasteiger partial charge in [-0.15, -0.1) is 0 Å². The lowest BCUT2D eigenvalue weighted by molar-refractivity contribution is 0.0944. The Kier molecular flexibility index (Phi) is 4.57. The van der Waals surface area contributed by atoms with Crippen LogP contribution >= 0.6 is 0 Å². The summed E-state index contributed by atoms with van der Waals surface area (Å²) < 4.78 is 1.84. The number of aryl methyl sites for hydroxylation is 1. The Morgan fingerprint density at radius 2 is 2.14 bits per heavy atom. The normalized spacial score (nSPS) is 12.9. The van der Waals surface area contributed by atoms with Crippen LogP contribution in [0.3, 0.4) is 0 Å². The minimum Gasteiger partial charge on any atom is -0.393 e. The summed E-state index contributed by atoms with van der Waals surface area (Å²) >= 11 is 0. The van der Waals surface area contributed by atoms with Crippen LogP contribution in [0.2, 0.25) is 0 Å². The first-order valence-electron chi connectivity index (χ1n) is 7.21. The lowest BCUT2D eigenvalue weighted by Gasteiger charge is -2.10. The van der Waals surface area contributed by atoms with Gasteiger partial charge < -0.3 is 10.4 Å². The fourth-order valence-electron chi connectivity index (χ4n) is 2.16. The molecule has 2 N–H and O–H groups in total. The maximum atomic E-state index is 12.2. The highest BCUT2D eigenvalue weighted by Crippen LogP contribution is 2.19. The zero-order valence-electron chi connectivity index (χ0n) is 12.9. The zero-order chi connectivity index (χ0) is 15.6. The first-order chi connectivity index (χ1) is 9.90.